The summed E-state index contributed by atoms with van der Waals surface area (Å²) >= 11 is -2.48. The molecular weight excluding hydrogens is 450 g/mol. The molecule has 0 fully saturated rings. The van der Waals surface area contributed by atoms with Crippen LogP contribution in [0.5, 0.6) is 0 Å². The van der Waals surface area contributed by atoms with E-state index >= 15 is 0 Å². The van der Waals surface area contributed by atoms with Crippen molar-refractivity contribution in [1.82, 2.24) is 0 Å². The summed E-state index contributed by atoms with van der Waals surface area (Å²) in [5.74, 6) is 1.10. The van der Waals surface area contributed by atoms with Crippen molar-refractivity contribution in [2.45, 2.75) is 57.0 Å². The number of fused-ring (bicyclic) bond motifs is 1. The minimum atomic E-state index is -2.48. The standard InChI is InChI=1S/C24H29.2ClH.Zr/c1-6-19-11-12-20-14-18(13-16(2)3)15-23(20)24(19)22-10-8-7-9-21(22)17(4)5;;;/h7-12,14-17H,6,13H2,1-5H3;2*1H;/q;;;+2/p-2. The van der Waals surface area contributed by atoms with Crippen molar-refractivity contribution in [3.05, 3.63) is 64.2 Å². The molecule has 3 rings (SSSR count). The number of hydrogen-bond acceptors (Lipinski definition) is 0. The van der Waals surface area contributed by atoms with Crippen LogP contribution in [0.25, 0.3) is 17.2 Å². The van der Waals surface area contributed by atoms with Gasteiger partial charge in [0.05, 0.1) is 0 Å². The molecule has 0 spiro atoms. The molecule has 1 unspecified atom stereocenters. The van der Waals surface area contributed by atoms with Gasteiger partial charge in [-0.3, -0.25) is 0 Å². The fraction of sp³-hybridized carbons (Fsp3) is 0.417. The maximum atomic E-state index is 6.66. The van der Waals surface area contributed by atoms with Crippen molar-refractivity contribution in [1.29, 1.82) is 0 Å². The molecule has 0 radical (unpaired) electrons. The second kappa shape index (κ2) is 8.98. The van der Waals surface area contributed by atoms with Crippen LogP contribution in [-0.2, 0) is 25.8 Å². The van der Waals surface area contributed by atoms with Crippen LogP contribution in [0, 0.1) is 5.92 Å². The summed E-state index contributed by atoms with van der Waals surface area (Å²) in [7, 11) is 13.3. The van der Waals surface area contributed by atoms with Gasteiger partial charge in [0.2, 0.25) is 0 Å². The van der Waals surface area contributed by atoms with Crippen molar-refractivity contribution in [3.63, 3.8) is 0 Å². The van der Waals surface area contributed by atoms with E-state index in [9.17, 15) is 0 Å². The van der Waals surface area contributed by atoms with E-state index in [1.54, 1.807) is 0 Å². The zero-order valence-corrected chi connectivity index (χ0v) is 20.9. The van der Waals surface area contributed by atoms with Gasteiger partial charge in [-0.1, -0.05) is 0 Å². The Hall–Kier alpha value is -0.357. The molecule has 2 aromatic carbocycles. The molecule has 0 saturated carbocycles. The van der Waals surface area contributed by atoms with Gasteiger partial charge in [0, 0.05) is 0 Å². The molecule has 0 bridgehead atoms. The van der Waals surface area contributed by atoms with E-state index in [1.807, 2.05) is 0 Å². The predicted molar refractivity (Wildman–Crippen MR) is 117 cm³/mol. The van der Waals surface area contributed by atoms with Gasteiger partial charge in [-0.2, -0.15) is 0 Å². The SMILES string of the molecule is CCc1ccc2c(c1-c1ccccc1C(C)C)C=C(CC(C)C)[CH]2[Zr]([Cl])[Cl]. The summed E-state index contributed by atoms with van der Waals surface area (Å²) in [4.78, 5) is 0. The zero-order chi connectivity index (χ0) is 19.7. The van der Waals surface area contributed by atoms with E-state index in [2.05, 4.69) is 77.1 Å². The number of hydrogen-bond donors (Lipinski definition) is 0. The van der Waals surface area contributed by atoms with Crippen molar-refractivity contribution >= 4 is 23.1 Å². The molecule has 0 aromatic heterocycles. The van der Waals surface area contributed by atoms with Gasteiger partial charge in [-0.15, -0.1) is 0 Å². The van der Waals surface area contributed by atoms with Crippen molar-refractivity contribution in [2.24, 2.45) is 5.92 Å². The third-order valence-electron chi connectivity index (χ3n) is 5.47. The first kappa shape index (κ1) is 21.4. The molecule has 1 atom stereocenters. The van der Waals surface area contributed by atoms with Gasteiger partial charge >= 0.3 is 181 Å². The first-order valence-corrected chi connectivity index (χ1v) is 17.7. The summed E-state index contributed by atoms with van der Waals surface area (Å²) in [5, 5.41) is 0. The molecule has 1 aliphatic rings. The van der Waals surface area contributed by atoms with Crippen LogP contribution in [0.15, 0.2) is 42.0 Å². The van der Waals surface area contributed by atoms with E-state index in [0.29, 0.717) is 15.5 Å². The third kappa shape index (κ3) is 4.31. The van der Waals surface area contributed by atoms with Crippen LogP contribution in [0.4, 0.5) is 0 Å². The molecule has 1 aliphatic carbocycles. The van der Waals surface area contributed by atoms with E-state index in [0.717, 1.165) is 12.8 Å². The first-order chi connectivity index (χ1) is 12.8. The van der Waals surface area contributed by atoms with Crippen molar-refractivity contribution < 1.29 is 19.4 Å². The zero-order valence-electron chi connectivity index (χ0n) is 16.9. The predicted octanol–water partition coefficient (Wildman–Crippen LogP) is 8.45. The van der Waals surface area contributed by atoms with Crippen LogP contribution in [0.3, 0.4) is 0 Å². The first-order valence-electron chi connectivity index (χ1n) is 9.98. The molecule has 0 saturated heterocycles. The molecule has 3 heteroatoms. The molecule has 0 aliphatic heterocycles. The number of allylic oxidation sites excluding steroid dienone is 1. The number of halogens is 2. The fourth-order valence-corrected chi connectivity index (χ4v) is 9.73. The van der Waals surface area contributed by atoms with Gasteiger partial charge in [-0.25, -0.2) is 0 Å². The molecule has 0 heterocycles. The number of benzene rings is 2. The van der Waals surface area contributed by atoms with E-state index in [-0.39, 0.29) is 0 Å². The van der Waals surface area contributed by atoms with Crippen LogP contribution >= 0.6 is 17.0 Å². The Bertz CT molecular complexity index is 849. The Kier molecular flexibility index (Phi) is 7.10. The normalized spacial score (nSPS) is 16.0. The van der Waals surface area contributed by atoms with Crippen LogP contribution in [0.1, 0.15) is 72.8 Å². The van der Waals surface area contributed by atoms with E-state index < -0.39 is 19.4 Å². The van der Waals surface area contributed by atoms with Crippen molar-refractivity contribution in [3.8, 4) is 11.1 Å². The Morgan fingerprint density at radius 3 is 2.30 bits per heavy atom. The van der Waals surface area contributed by atoms with Gasteiger partial charge in [-0.05, 0) is 0 Å². The quantitative estimate of drug-likeness (QED) is 0.390. The topological polar surface area (TPSA) is 0 Å². The number of aryl methyl sites for hydroxylation is 1. The molecular formula is C24H29Cl2Zr. The summed E-state index contributed by atoms with van der Waals surface area (Å²) in [6, 6.07) is 13.5. The number of rotatable bonds is 6. The summed E-state index contributed by atoms with van der Waals surface area (Å²) in [5.41, 5.74) is 9.81. The van der Waals surface area contributed by atoms with Gasteiger partial charge in [0.15, 0.2) is 0 Å². The Morgan fingerprint density at radius 1 is 1.00 bits per heavy atom. The molecule has 0 nitrogen and oxygen atoms in total. The minimum absolute atomic E-state index is 0.295. The third-order valence-corrected chi connectivity index (χ3v) is 10.8. The molecule has 0 N–H and O–H groups in total. The second-order valence-electron chi connectivity index (χ2n) is 8.24. The average Bonchev–Trinajstić information content (AvgIpc) is 2.97. The van der Waals surface area contributed by atoms with Crippen LogP contribution in [-0.4, -0.2) is 0 Å². The van der Waals surface area contributed by atoms with Crippen LogP contribution < -0.4 is 0 Å². The van der Waals surface area contributed by atoms with Gasteiger partial charge in [0.1, 0.15) is 0 Å². The van der Waals surface area contributed by atoms with E-state index in [1.165, 1.54) is 39.0 Å². The second-order valence-corrected chi connectivity index (χ2v) is 17.0. The average molecular weight is 480 g/mol. The Morgan fingerprint density at radius 2 is 1.70 bits per heavy atom. The Labute approximate surface area is 179 Å². The van der Waals surface area contributed by atoms with Crippen LogP contribution in [0.2, 0.25) is 0 Å². The summed E-state index contributed by atoms with van der Waals surface area (Å²) in [6.45, 7) is 11.4. The molecule has 143 valence electrons. The molecule has 0 amide bonds. The monoisotopic (exact) mass is 477 g/mol. The van der Waals surface area contributed by atoms with E-state index in [4.69, 9.17) is 17.0 Å². The molecule has 27 heavy (non-hydrogen) atoms. The van der Waals surface area contributed by atoms with Gasteiger partial charge < -0.3 is 0 Å². The summed E-state index contributed by atoms with van der Waals surface area (Å²) in [6.07, 6.45) is 4.53. The maximum absolute atomic E-state index is 6.66. The molecule has 2 aromatic rings. The van der Waals surface area contributed by atoms with Crippen molar-refractivity contribution in [2.75, 3.05) is 0 Å². The fourth-order valence-electron chi connectivity index (χ4n) is 4.30. The Balaban J connectivity index is 2.28. The van der Waals surface area contributed by atoms with Gasteiger partial charge in [0.25, 0.3) is 0 Å². The summed E-state index contributed by atoms with van der Waals surface area (Å²) < 4.78 is 0.295.